The highest BCUT2D eigenvalue weighted by Crippen LogP contribution is 2.19. The number of morpholine rings is 1. The van der Waals surface area contributed by atoms with Crippen molar-refractivity contribution in [2.24, 2.45) is 0 Å². The first-order chi connectivity index (χ1) is 9.97. The van der Waals surface area contributed by atoms with E-state index in [0.29, 0.717) is 30.4 Å². The fraction of sp³-hybridized carbons (Fsp3) is 0.429. The fourth-order valence-corrected chi connectivity index (χ4v) is 2.14. The van der Waals surface area contributed by atoms with Gasteiger partial charge >= 0.3 is 5.97 Å². The molecule has 1 aromatic carbocycles. The van der Waals surface area contributed by atoms with E-state index in [2.05, 4.69) is 0 Å². The molecule has 1 heterocycles. The number of hydrogen-bond donors (Lipinski definition) is 1. The number of nitrogens with two attached hydrogens (primary N) is 1. The maximum Gasteiger partial charge on any atom is 0.338 e. The van der Waals surface area contributed by atoms with E-state index in [-0.39, 0.29) is 24.2 Å². The SMILES string of the molecule is CC1CN(C(=O)COC(=O)c2ccc(Cl)c(N)c2)CCO1. The zero-order valence-corrected chi connectivity index (χ0v) is 12.4. The number of carbonyl (C=O) groups is 2. The third kappa shape index (κ3) is 4.09. The first-order valence-corrected chi connectivity index (χ1v) is 6.96. The number of halogens is 1. The van der Waals surface area contributed by atoms with Gasteiger partial charge in [-0.15, -0.1) is 0 Å². The summed E-state index contributed by atoms with van der Waals surface area (Å²) >= 11 is 5.78. The summed E-state index contributed by atoms with van der Waals surface area (Å²) in [6.07, 6.45) is -0.00512. The normalized spacial score (nSPS) is 18.4. The number of amides is 1. The summed E-state index contributed by atoms with van der Waals surface area (Å²) in [6, 6.07) is 4.44. The van der Waals surface area contributed by atoms with Gasteiger partial charge in [-0.1, -0.05) is 11.6 Å². The van der Waals surface area contributed by atoms with Crippen molar-refractivity contribution in [2.75, 3.05) is 32.0 Å². The van der Waals surface area contributed by atoms with E-state index in [1.165, 1.54) is 18.2 Å². The summed E-state index contributed by atoms with van der Waals surface area (Å²) in [4.78, 5) is 25.4. The molecule has 1 saturated heterocycles. The van der Waals surface area contributed by atoms with E-state index >= 15 is 0 Å². The average Bonchev–Trinajstić information content (AvgIpc) is 2.47. The third-order valence-electron chi connectivity index (χ3n) is 3.15. The Bertz CT molecular complexity index is 550. The number of ether oxygens (including phenoxy) is 2. The van der Waals surface area contributed by atoms with Crippen molar-refractivity contribution in [1.82, 2.24) is 4.90 Å². The Morgan fingerprint density at radius 3 is 2.95 bits per heavy atom. The molecule has 1 aliphatic rings. The molecule has 1 amide bonds. The molecule has 0 aliphatic carbocycles. The Balaban J connectivity index is 1.88. The Morgan fingerprint density at radius 2 is 2.29 bits per heavy atom. The summed E-state index contributed by atoms with van der Waals surface area (Å²) in [6.45, 7) is 3.10. The van der Waals surface area contributed by atoms with Crippen LogP contribution in [0.15, 0.2) is 18.2 Å². The molecule has 21 heavy (non-hydrogen) atoms. The van der Waals surface area contributed by atoms with Crippen LogP contribution in [0.4, 0.5) is 5.69 Å². The Kier molecular flexibility index (Phi) is 5.03. The van der Waals surface area contributed by atoms with Crippen LogP contribution in [-0.4, -0.2) is 49.2 Å². The lowest BCUT2D eigenvalue weighted by Gasteiger charge is -2.30. The van der Waals surface area contributed by atoms with E-state index in [1.807, 2.05) is 6.92 Å². The van der Waals surface area contributed by atoms with Crippen molar-refractivity contribution in [3.63, 3.8) is 0 Å². The van der Waals surface area contributed by atoms with Gasteiger partial charge in [-0.05, 0) is 25.1 Å². The summed E-state index contributed by atoms with van der Waals surface area (Å²) in [7, 11) is 0. The van der Waals surface area contributed by atoms with Crippen LogP contribution in [0.3, 0.4) is 0 Å². The maximum atomic E-state index is 11.9. The molecule has 1 aliphatic heterocycles. The molecule has 2 N–H and O–H groups in total. The number of rotatable bonds is 3. The number of hydrogen-bond acceptors (Lipinski definition) is 5. The second-order valence-electron chi connectivity index (χ2n) is 4.83. The molecule has 0 aromatic heterocycles. The Hall–Kier alpha value is -1.79. The van der Waals surface area contributed by atoms with Crippen LogP contribution in [-0.2, 0) is 14.3 Å². The highest BCUT2D eigenvalue weighted by atomic mass is 35.5. The minimum absolute atomic E-state index is 0.00512. The fourth-order valence-electron chi connectivity index (χ4n) is 2.02. The van der Waals surface area contributed by atoms with E-state index in [0.717, 1.165) is 0 Å². The second-order valence-corrected chi connectivity index (χ2v) is 5.24. The molecular weight excluding hydrogens is 296 g/mol. The van der Waals surface area contributed by atoms with E-state index in [9.17, 15) is 9.59 Å². The highest BCUT2D eigenvalue weighted by Gasteiger charge is 2.22. The van der Waals surface area contributed by atoms with E-state index in [4.69, 9.17) is 26.8 Å². The van der Waals surface area contributed by atoms with Gasteiger partial charge in [0.05, 0.1) is 29.0 Å². The van der Waals surface area contributed by atoms with Crippen molar-refractivity contribution < 1.29 is 19.1 Å². The first-order valence-electron chi connectivity index (χ1n) is 6.59. The Labute approximate surface area is 127 Å². The molecule has 1 unspecified atom stereocenters. The van der Waals surface area contributed by atoms with Gasteiger partial charge in [0.15, 0.2) is 6.61 Å². The van der Waals surface area contributed by atoms with Crippen LogP contribution in [0.5, 0.6) is 0 Å². The average molecular weight is 313 g/mol. The maximum absolute atomic E-state index is 11.9. The smallest absolute Gasteiger partial charge is 0.338 e. The molecule has 1 aromatic rings. The summed E-state index contributed by atoms with van der Waals surface area (Å²) in [5.41, 5.74) is 6.17. The monoisotopic (exact) mass is 312 g/mol. The van der Waals surface area contributed by atoms with Crippen LogP contribution in [0.25, 0.3) is 0 Å². The quantitative estimate of drug-likeness (QED) is 0.672. The van der Waals surface area contributed by atoms with Crippen LogP contribution >= 0.6 is 11.6 Å². The van der Waals surface area contributed by atoms with Gasteiger partial charge in [-0.25, -0.2) is 4.79 Å². The molecule has 1 fully saturated rings. The molecule has 2 rings (SSSR count). The molecule has 0 saturated carbocycles. The zero-order valence-electron chi connectivity index (χ0n) is 11.7. The Morgan fingerprint density at radius 1 is 1.52 bits per heavy atom. The number of nitrogen functional groups attached to an aromatic ring is 1. The lowest BCUT2D eigenvalue weighted by atomic mass is 10.2. The van der Waals surface area contributed by atoms with Crippen LogP contribution in [0.2, 0.25) is 5.02 Å². The van der Waals surface area contributed by atoms with Gasteiger partial charge < -0.3 is 20.1 Å². The summed E-state index contributed by atoms with van der Waals surface area (Å²) in [5.74, 6) is -0.839. The molecule has 0 spiro atoms. The topological polar surface area (TPSA) is 81.9 Å². The van der Waals surface area contributed by atoms with Crippen molar-refractivity contribution in [3.8, 4) is 0 Å². The van der Waals surface area contributed by atoms with Crippen molar-refractivity contribution >= 4 is 29.2 Å². The highest BCUT2D eigenvalue weighted by molar-refractivity contribution is 6.33. The largest absolute Gasteiger partial charge is 0.452 e. The van der Waals surface area contributed by atoms with Gasteiger partial charge in [0.1, 0.15) is 0 Å². The van der Waals surface area contributed by atoms with Gasteiger partial charge in [0.2, 0.25) is 0 Å². The first kappa shape index (κ1) is 15.6. The predicted molar refractivity (Wildman–Crippen MR) is 78.1 cm³/mol. The van der Waals surface area contributed by atoms with Crippen LogP contribution in [0, 0.1) is 0 Å². The summed E-state index contributed by atoms with van der Waals surface area (Å²) < 4.78 is 10.4. The van der Waals surface area contributed by atoms with Gasteiger partial charge in [0, 0.05) is 13.1 Å². The van der Waals surface area contributed by atoms with E-state index in [1.54, 1.807) is 4.90 Å². The van der Waals surface area contributed by atoms with E-state index < -0.39 is 5.97 Å². The molecule has 0 radical (unpaired) electrons. The summed E-state index contributed by atoms with van der Waals surface area (Å²) in [5, 5.41) is 0.366. The van der Waals surface area contributed by atoms with Gasteiger partial charge in [0.25, 0.3) is 5.91 Å². The molecular formula is C14H17ClN2O4. The van der Waals surface area contributed by atoms with Gasteiger partial charge in [-0.3, -0.25) is 4.79 Å². The van der Waals surface area contributed by atoms with Crippen molar-refractivity contribution in [3.05, 3.63) is 28.8 Å². The molecule has 1 atom stereocenters. The molecule has 7 heteroatoms. The van der Waals surface area contributed by atoms with Crippen LogP contribution < -0.4 is 5.73 Å². The molecule has 0 bridgehead atoms. The third-order valence-corrected chi connectivity index (χ3v) is 3.50. The molecule has 6 nitrogen and oxygen atoms in total. The number of esters is 1. The van der Waals surface area contributed by atoms with Crippen molar-refractivity contribution in [2.45, 2.75) is 13.0 Å². The van der Waals surface area contributed by atoms with Crippen LogP contribution in [0.1, 0.15) is 17.3 Å². The lowest BCUT2D eigenvalue weighted by molar-refractivity contribution is -0.141. The zero-order chi connectivity index (χ0) is 15.4. The van der Waals surface area contributed by atoms with Gasteiger partial charge in [-0.2, -0.15) is 0 Å². The minimum atomic E-state index is -0.604. The number of carbonyl (C=O) groups excluding carboxylic acids is 2. The standard InChI is InChI=1S/C14H17ClN2O4/c1-9-7-17(4-5-20-9)13(18)8-21-14(19)10-2-3-11(15)12(16)6-10/h2-3,6,9H,4-5,7-8,16H2,1H3. The number of benzene rings is 1. The predicted octanol–water partition coefficient (Wildman–Crippen LogP) is 1.33. The lowest BCUT2D eigenvalue weighted by Crippen LogP contribution is -2.46. The molecule has 114 valence electrons. The van der Waals surface area contributed by atoms with Crippen molar-refractivity contribution in [1.29, 1.82) is 0 Å². The number of nitrogens with zero attached hydrogens (tertiary/aromatic N) is 1. The second kappa shape index (κ2) is 6.78. The minimum Gasteiger partial charge on any atom is -0.452 e. The number of anilines is 1.